The van der Waals surface area contributed by atoms with Gasteiger partial charge in [-0.25, -0.2) is 5.43 Å². The van der Waals surface area contributed by atoms with Gasteiger partial charge < -0.3 is 10.1 Å². The van der Waals surface area contributed by atoms with E-state index in [0.29, 0.717) is 23.6 Å². The van der Waals surface area contributed by atoms with Gasteiger partial charge in [0, 0.05) is 11.3 Å². The van der Waals surface area contributed by atoms with Crippen LogP contribution in [0.4, 0.5) is 5.69 Å². The molecule has 0 radical (unpaired) electrons. The fourth-order valence-corrected chi connectivity index (χ4v) is 3.61. The molecule has 0 spiro atoms. The van der Waals surface area contributed by atoms with E-state index in [1.807, 2.05) is 92.7 Å². The van der Waals surface area contributed by atoms with Gasteiger partial charge in [-0.05, 0) is 47.9 Å². The first-order chi connectivity index (χ1) is 16.5. The van der Waals surface area contributed by atoms with Crippen LogP contribution in [0.15, 0.2) is 90.0 Å². The van der Waals surface area contributed by atoms with Crippen molar-refractivity contribution in [2.75, 3.05) is 5.32 Å². The van der Waals surface area contributed by atoms with Crippen molar-refractivity contribution in [1.82, 2.24) is 5.43 Å². The highest BCUT2D eigenvalue weighted by molar-refractivity contribution is 6.39. The smallest absolute Gasteiger partial charge is 0.329 e. The molecule has 2 amide bonds. The van der Waals surface area contributed by atoms with Crippen LogP contribution in [0.2, 0.25) is 0 Å². The number of amides is 2. The number of carbonyl (C=O) groups is 2. The maximum absolute atomic E-state index is 12.3. The Morgan fingerprint density at radius 1 is 0.882 bits per heavy atom. The Labute approximate surface area is 198 Å². The molecule has 6 heteroatoms. The highest BCUT2D eigenvalue weighted by Crippen LogP contribution is 2.27. The lowest BCUT2D eigenvalue weighted by atomic mass is 10.0. The standard InChI is InChI=1S/C28H25N3O3/c1-19-12-14-25(20(2)16-19)30-27(32)28(33)31-29-17-24-23-11-7-6-10-22(23)13-15-26(24)34-18-21-8-4-3-5-9-21/h3-17H,18H2,1-2H3,(H,30,32)(H,31,33)/b29-17-. The third-order valence-corrected chi connectivity index (χ3v) is 5.36. The summed E-state index contributed by atoms with van der Waals surface area (Å²) in [4.78, 5) is 24.6. The number of hydrogen-bond donors (Lipinski definition) is 2. The Morgan fingerprint density at radius 3 is 2.44 bits per heavy atom. The van der Waals surface area contributed by atoms with Crippen molar-refractivity contribution in [2.45, 2.75) is 20.5 Å². The number of carbonyl (C=O) groups excluding carboxylic acids is 2. The van der Waals surface area contributed by atoms with Crippen molar-refractivity contribution in [3.05, 3.63) is 107 Å². The molecule has 6 nitrogen and oxygen atoms in total. The Morgan fingerprint density at radius 2 is 1.65 bits per heavy atom. The molecular formula is C28H25N3O3. The zero-order valence-electron chi connectivity index (χ0n) is 19.0. The Bertz CT molecular complexity index is 1360. The van der Waals surface area contributed by atoms with E-state index in [4.69, 9.17) is 4.74 Å². The number of nitrogens with one attached hydrogen (secondary N) is 2. The highest BCUT2D eigenvalue weighted by Gasteiger charge is 2.14. The zero-order chi connectivity index (χ0) is 23.9. The first-order valence-corrected chi connectivity index (χ1v) is 10.9. The topological polar surface area (TPSA) is 79.8 Å². The molecule has 0 aromatic heterocycles. The number of aryl methyl sites for hydroxylation is 2. The number of hydrazone groups is 1. The molecule has 4 rings (SSSR count). The van der Waals surface area contributed by atoms with Gasteiger partial charge in [0.05, 0.1) is 6.21 Å². The van der Waals surface area contributed by atoms with Gasteiger partial charge in [-0.3, -0.25) is 9.59 Å². The van der Waals surface area contributed by atoms with E-state index < -0.39 is 11.8 Å². The average Bonchev–Trinajstić information content (AvgIpc) is 2.85. The maximum Gasteiger partial charge on any atom is 0.329 e. The first-order valence-electron chi connectivity index (χ1n) is 10.9. The summed E-state index contributed by atoms with van der Waals surface area (Å²) in [5, 5.41) is 8.59. The van der Waals surface area contributed by atoms with Crippen molar-refractivity contribution in [2.24, 2.45) is 5.10 Å². The Kier molecular flexibility index (Phi) is 6.98. The van der Waals surface area contributed by atoms with Crippen LogP contribution in [0, 0.1) is 13.8 Å². The average molecular weight is 452 g/mol. The molecule has 4 aromatic carbocycles. The van der Waals surface area contributed by atoms with Crippen LogP contribution in [0.1, 0.15) is 22.3 Å². The highest BCUT2D eigenvalue weighted by atomic mass is 16.5. The van der Waals surface area contributed by atoms with Gasteiger partial charge in [0.15, 0.2) is 0 Å². The quantitative estimate of drug-likeness (QED) is 0.242. The second-order valence-corrected chi connectivity index (χ2v) is 7.94. The van der Waals surface area contributed by atoms with Gasteiger partial charge >= 0.3 is 11.8 Å². The minimum absolute atomic E-state index is 0.394. The van der Waals surface area contributed by atoms with Gasteiger partial charge in [0.25, 0.3) is 0 Å². The van der Waals surface area contributed by atoms with E-state index in [0.717, 1.165) is 27.5 Å². The normalized spacial score (nSPS) is 10.9. The number of ether oxygens (including phenoxy) is 1. The molecule has 0 fully saturated rings. The summed E-state index contributed by atoms with van der Waals surface area (Å²) >= 11 is 0. The van der Waals surface area contributed by atoms with E-state index >= 15 is 0 Å². The molecule has 0 unspecified atom stereocenters. The van der Waals surface area contributed by atoms with Gasteiger partial charge in [-0.2, -0.15) is 5.10 Å². The summed E-state index contributed by atoms with van der Waals surface area (Å²) in [7, 11) is 0. The number of fused-ring (bicyclic) bond motifs is 1. The zero-order valence-corrected chi connectivity index (χ0v) is 19.0. The minimum Gasteiger partial charge on any atom is -0.488 e. The first kappa shape index (κ1) is 22.7. The van der Waals surface area contributed by atoms with Crippen molar-refractivity contribution >= 4 is 34.5 Å². The maximum atomic E-state index is 12.3. The molecule has 0 saturated carbocycles. The van der Waals surface area contributed by atoms with Crippen molar-refractivity contribution in [3.8, 4) is 5.75 Å². The van der Waals surface area contributed by atoms with Crippen LogP contribution < -0.4 is 15.5 Å². The summed E-state index contributed by atoms with van der Waals surface area (Å²) < 4.78 is 6.05. The summed E-state index contributed by atoms with van der Waals surface area (Å²) in [6.45, 7) is 4.23. The number of rotatable bonds is 6. The summed E-state index contributed by atoms with van der Waals surface area (Å²) in [6, 6.07) is 27.1. The predicted molar refractivity (Wildman–Crippen MR) is 135 cm³/mol. The van der Waals surface area contributed by atoms with E-state index in [1.165, 1.54) is 6.21 Å². The third-order valence-electron chi connectivity index (χ3n) is 5.36. The molecule has 0 atom stereocenters. The van der Waals surface area contributed by atoms with Crippen LogP contribution in [0.25, 0.3) is 10.8 Å². The molecule has 170 valence electrons. The van der Waals surface area contributed by atoms with Crippen LogP contribution in [0.5, 0.6) is 5.75 Å². The van der Waals surface area contributed by atoms with Crippen LogP contribution >= 0.6 is 0 Å². The number of nitrogens with zero attached hydrogens (tertiary/aromatic N) is 1. The summed E-state index contributed by atoms with van der Waals surface area (Å²) in [5.74, 6) is -1.02. The lowest BCUT2D eigenvalue weighted by Gasteiger charge is -2.12. The van der Waals surface area contributed by atoms with Crippen molar-refractivity contribution in [1.29, 1.82) is 0 Å². The molecule has 34 heavy (non-hydrogen) atoms. The Hall–Kier alpha value is -4.45. The molecule has 0 aliphatic rings. The van der Waals surface area contributed by atoms with Crippen LogP contribution in [-0.4, -0.2) is 18.0 Å². The fourth-order valence-electron chi connectivity index (χ4n) is 3.61. The van der Waals surface area contributed by atoms with Gasteiger partial charge in [-0.15, -0.1) is 0 Å². The van der Waals surface area contributed by atoms with E-state index in [9.17, 15) is 9.59 Å². The van der Waals surface area contributed by atoms with E-state index in [1.54, 1.807) is 6.07 Å². The molecule has 0 bridgehead atoms. The van der Waals surface area contributed by atoms with Gasteiger partial charge in [-0.1, -0.05) is 78.4 Å². The van der Waals surface area contributed by atoms with E-state index in [-0.39, 0.29) is 0 Å². The second-order valence-electron chi connectivity index (χ2n) is 7.94. The molecule has 2 N–H and O–H groups in total. The number of hydrogen-bond acceptors (Lipinski definition) is 4. The summed E-state index contributed by atoms with van der Waals surface area (Å²) in [6.07, 6.45) is 1.50. The number of benzene rings is 4. The molecule has 0 aliphatic heterocycles. The lowest BCUT2D eigenvalue weighted by molar-refractivity contribution is -0.136. The molecule has 0 saturated heterocycles. The predicted octanol–water partition coefficient (Wildman–Crippen LogP) is 5.12. The van der Waals surface area contributed by atoms with Crippen molar-refractivity contribution < 1.29 is 14.3 Å². The van der Waals surface area contributed by atoms with Crippen molar-refractivity contribution in [3.63, 3.8) is 0 Å². The van der Waals surface area contributed by atoms with Gasteiger partial charge in [0.2, 0.25) is 0 Å². The van der Waals surface area contributed by atoms with Gasteiger partial charge in [0.1, 0.15) is 12.4 Å². The molecule has 4 aromatic rings. The fraction of sp³-hybridized carbons (Fsp3) is 0.107. The number of anilines is 1. The minimum atomic E-state index is -0.858. The SMILES string of the molecule is Cc1ccc(NC(=O)C(=O)N/N=C\c2c(OCc3ccccc3)ccc3ccccc23)c(C)c1. The largest absolute Gasteiger partial charge is 0.488 e. The van der Waals surface area contributed by atoms with Crippen LogP contribution in [-0.2, 0) is 16.2 Å². The Balaban J connectivity index is 1.50. The second kappa shape index (κ2) is 10.4. The monoisotopic (exact) mass is 451 g/mol. The molecule has 0 aliphatic carbocycles. The van der Waals surface area contributed by atoms with Crippen LogP contribution in [0.3, 0.4) is 0 Å². The summed E-state index contributed by atoms with van der Waals surface area (Å²) in [5.41, 5.74) is 6.59. The molecular weight excluding hydrogens is 426 g/mol. The molecule has 0 heterocycles. The third kappa shape index (κ3) is 5.48. The van der Waals surface area contributed by atoms with E-state index in [2.05, 4.69) is 15.8 Å². The lowest BCUT2D eigenvalue weighted by Crippen LogP contribution is -2.32.